The molecule has 0 bridgehead atoms. The molecule has 0 unspecified atom stereocenters. The Labute approximate surface area is 102 Å². The lowest BCUT2D eigenvalue weighted by atomic mass is 9.84. The maximum Gasteiger partial charge on any atom is 0.453 e. The molecule has 0 amide bonds. The highest BCUT2D eigenvalue weighted by Crippen LogP contribution is 2.38. The number of hydrogen-bond acceptors (Lipinski definition) is 2. The summed E-state index contributed by atoms with van der Waals surface area (Å²) in [5, 5.41) is 0. The van der Waals surface area contributed by atoms with Gasteiger partial charge in [-0.1, -0.05) is 6.92 Å². The highest BCUT2D eigenvalue weighted by atomic mass is 19.4. The summed E-state index contributed by atoms with van der Waals surface area (Å²) in [6.07, 6.45) is -6.18. The zero-order valence-electron chi connectivity index (χ0n) is 10.2. The average molecular weight is 276 g/mol. The lowest BCUT2D eigenvalue weighted by Gasteiger charge is -2.40. The van der Waals surface area contributed by atoms with E-state index < -0.39 is 18.5 Å². The molecule has 0 aromatic rings. The highest BCUT2D eigenvalue weighted by Gasteiger charge is 2.56. The van der Waals surface area contributed by atoms with Gasteiger partial charge in [0, 0.05) is 18.4 Å². The Morgan fingerprint density at radius 2 is 1.78 bits per heavy atom. The van der Waals surface area contributed by atoms with Crippen LogP contribution in [0.4, 0.5) is 22.0 Å². The largest absolute Gasteiger partial charge is 0.453 e. The normalized spacial score (nSPS) is 19.7. The predicted molar refractivity (Wildman–Crippen MR) is 54.6 cm³/mol. The number of alkyl halides is 5. The fourth-order valence-electron chi connectivity index (χ4n) is 1.61. The van der Waals surface area contributed by atoms with Crippen molar-refractivity contribution in [1.29, 1.82) is 0 Å². The first-order valence-corrected chi connectivity index (χ1v) is 5.82. The third-order valence-electron chi connectivity index (χ3n) is 3.17. The van der Waals surface area contributed by atoms with E-state index in [0.29, 0.717) is 19.8 Å². The van der Waals surface area contributed by atoms with Crippen molar-refractivity contribution in [3.05, 3.63) is 0 Å². The molecule has 1 fully saturated rings. The first-order chi connectivity index (χ1) is 8.22. The molecule has 0 aliphatic carbocycles. The molecule has 1 aliphatic rings. The van der Waals surface area contributed by atoms with Crippen LogP contribution in [0.25, 0.3) is 0 Å². The van der Waals surface area contributed by atoms with Crippen molar-refractivity contribution in [3.63, 3.8) is 0 Å². The van der Waals surface area contributed by atoms with Crippen LogP contribution >= 0.6 is 0 Å². The quantitative estimate of drug-likeness (QED) is 0.524. The molecule has 0 aromatic heterocycles. The summed E-state index contributed by atoms with van der Waals surface area (Å²) < 4.78 is 70.8. The van der Waals surface area contributed by atoms with Gasteiger partial charge >= 0.3 is 12.1 Å². The Morgan fingerprint density at radius 1 is 1.17 bits per heavy atom. The third kappa shape index (κ3) is 3.78. The Kier molecular flexibility index (Phi) is 4.94. The molecule has 0 spiro atoms. The monoisotopic (exact) mass is 276 g/mol. The van der Waals surface area contributed by atoms with Gasteiger partial charge < -0.3 is 9.47 Å². The summed E-state index contributed by atoms with van der Waals surface area (Å²) in [6.45, 7) is 3.34. The second-order valence-corrected chi connectivity index (χ2v) is 4.70. The van der Waals surface area contributed by atoms with Gasteiger partial charge in [-0.05, 0) is 12.8 Å². The first-order valence-electron chi connectivity index (χ1n) is 5.82. The molecule has 0 saturated carbocycles. The molecule has 1 heterocycles. The van der Waals surface area contributed by atoms with Crippen LogP contribution in [0.15, 0.2) is 0 Å². The molecule has 0 radical (unpaired) electrons. The standard InChI is InChI=1S/C11H17F5O2/c1-2-9(7-18-8-9)6-17-5-3-4-10(12,13)11(14,15)16/h2-8H2,1H3. The topological polar surface area (TPSA) is 18.5 Å². The molecule has 1 aliphatic heterocycles. The summed E-state index contributed by atoms with van der Waals surface area (Å²) in [5.41, 5.74) is -0.0768. The van der Waals surface area contributed by atoms with Crippen molar-refractivity contribution < 1.29 is 31.4 Å². The van der Waals surface area contributed by atoms with E-state index in [4.69, 9.17) is 9.47 Å². The average Bonchev–Trinajstić information content (AvgIpc) is 2.19. The van der Waals surface area contributed by atoms with Gasteiger partial charge in [0.25, 0.3) is 0 Å². The van der Waals surface area contributed by atoms with Gasteiger partial charge in [0.05, 0.1) is 19.8 Å². The van der Waals surface area contributed by atoms with E-state index in [9.17, 15) is 22.0 Å². The molecule has 0 N–H and O–H groups in total. The van der Waals surface area contributed by atoms with E-state index in [2.05, 4.69) is 0 Å². The number of ether oxygens (including phenoxy) is 2. The van der Waals surface area contributed by atoms with Gasteiger partial charge in [0.15, 0.2) is 0 Å². The van der Waals surface area contributed by atoms with Crippen LogP contribution in [0, 0.1) is 5.41 Å². The van der Waals surface area contributed by atoms with E-state index in [1.54, 1.807) is 0 Å². The first kappa shape index (κ1) is 15.6. The van der Waals surface area contributed by atoms with Crippen LogP contribution in [0.1, 0.15) is 26.2 Å². The second kappa shape index (κ2) is 5.69. The van der Waals surface area contributed by atoms with Crippen LogP contribution < -0.4 is 0 Å². The smallest absolute Gasteiger partial charge is 0.381 e. The number of rotatable bonds is 7. The van der Waals surface area contributed by atoms with Crippen LogP contribution in [0.2, 0.25) is 0 Å². The molecule has 1 rings (SSSR count). The number of halogens is 5. The van der Waals surface area contributed by atoms with Crippen LogP contribution in [0.3, 0.4) is 0 Å². The summed E-state index contributed by atoms with van der Waals surface area (Å²) in [5.74, 6) is -4.63. The lowest BCUT2D eigenvalue weighted by molar-refractivity contribution is -0.285. The summed E-state index contributed by atoms with van der Waals surface area (Å²) in [7, 11) is 0. The van der Waals surface area contributed by atoms with Gasteiger partial charge in [-0.15, -0.1) is 0 Å². The zero-order chi connectivity index (χ0) is 13.9. The summed E-state index contributed by atoms with van der Waals surface area (Å²) in [4.78, 5) is 0. The Hall–Kier alpha value is -0.430. The van der Waals surface area contributed by atoms with Crippen molar-refractivity contribution in [2.75, 3.05) is 26.4 Å². The van der Waals surface area contributed by atoms with Gasteiger partial charge in [-0.2, -0.15) is 22.0 Å². The van der Waals surface area contributed by atoms with E-state index in [-0.39, 0.29) is 18.4 Å². The maximum atomic E-state index is 12.5. The minimum absolute atomic E-state index is 0.0768. The highest BCUT2D eigenvalue weighted by molar-refractivity contribution is 4.84. The second-order valence-electron chi connectivity index (χ2n) is 4.70. The molecule has 0 aromatic carbocycles. The Morgan fingerprint density at radius 3 is 2.17 bits per heavy atom. The van der Waals surface area contributed by atoms with Gasteiger partial charge in [0.1, 0.15) is 0 Å². The van der Waals surface area contributed by atoms with Crippen LogP contribution in [-0.2, 0) is 9.47 Å². The Balaban J connectivity index is 2.16. The molecule has 0 atom stereocenters. The van der Waals surface area contributed by atoms with Crippen molar-refractivity contribution in [2.24, 2.45) is 5.41 Å². The molecule has 108 valence electrons. The van der Waals surface area contributed by atoms with Crippen LogP contribution in [-0.4, -0.2) is 38.5 Å². The molecular weight excluding hydrogens is 259 g/mol. The minimum Gasteiger partial charge on any atom is -0.381 e. The molecule has 18 heavy (non-hydrogen) atoms. The van der Waals surface area contributed by atoms with E-state index in [1.165, 1.54) is 0 Å². The van der Waals surface area contributed by atoms with Crippen LogP contribution in [0.5, 0.6) is 0 Å². The summed E-state index contributed by atoms with van der Waals surface area (Å²) in [6, 6.07) is 0. The van der Waals surface area contributed by atoms with Gasteiger partial charge in [-0.25, -0.2) is 0 Å². The fraction of sp³-hybridized carbons (Fsp3) is 1.00. The maximum absolute atomic E-state index is 12.5. The van der Waals surface area contributed by atoms with Gasteiger partial charge in [0.2, 0.25) is 0 Å². The third-order valence-corrected chi connectivity index (χ3v) is 3.17. The van der Waals surface area contributed by atoms with Crippen molar-refractivity contribution in [2.45, 2.75) is 38.3 Å². The van der Waals surface area contributed by atoms with Crippen molar-refractivity contribution in [3.8, 4) is 0 Å². The SMILES string of the molecule is CCC1(COCCCC(F)(F)C(F)(F)F)COC1. The van der Waals surface area contributed by atoms with Crippen molar-refractivity contribution >= 4 is 0 Å². The lowest BCUT2D eigenvalue weighted by Crippen LogP contribution is -2.45. The molecule has 2 nitrogen and oxygen atoms in total. The van der Waals surface area contributed by atoms with E-state index in [0.717, 1.165) is 6.42 Å². The molecular formula is C11H17F5O2. The minimum atomic E-state index is -5.47. The zero-order valence-corrected chi connectivity index (χ0v) is 10.2. The molecule has 7 heteroatoms. The van der Waals surface area contributed by atoms with E-state index >= 15 is 0 Å². The van der Waals surface area contributed by atoms with Crippen molar-refractivity contribution in [1.82, 2.24) is 0 Å². The fourth-order valence-corrected chi connectivity index (χ4v) is 1.61. The molecule has 1 saturated heterocycles. The van der Waals surface area contributed by atoms with E-state index in [1.807, 2.05) is 6.92 Å². The number of hydrogen-bond donors (Lipinski definition) is 0. The predicted octanol–water partition coefficient (Wildman–Crippen LogP) is 3.41. The van der Waals surface area contributed by atoms with Gasteiger partial charge in [-0.3, -0.25) is 0 Å². The summed E-state index contributed by atoms with van der Waals surface area (Å²) >= 11 is 0. The Bertz CT molecular complexity index is 255.